The molecule has 16 heavy (non-hydrogen) atoms. The van der Waals surface area contributed by atoms with E-state index in [1.807, 2.05) is 0 Å². The third-order valence-electron chi connectivity index (χ3n) is 2.59. The minimum atomic E-state index is -0.0299. The number of halogens is 2. The molecule has 1 saturated heterocycles. The zero-order valence-electron chi connectivity index (χ0n) is 8.80. The molecule has 1 fully saturated rings. The van der Waals surface area contributed by atoms with Crippen LogP contribution >= 0.6 is 23.2 Å². The molecular formula is C11H11Cl2NO2. The van der Waals surface area contributed by atoms with Crippen LogP contribution in [0.25, 0.3) is 0 Å². The lowest BCUT2D eigenvalue weighted by atomic mass is 10.1. The first kappa shape index (κ1) is 11.6. The van der Waals surface area contributed by atoms with Crippen molar-refractivity contribution in [2.45, 2.75) is 6.42 Å². The Morgan fingerprint density at radius 2 is 1.88 bits per heavy atom. The summed E-state index contributed by atoms with van der Waals surface area (Å²) in [6.07, 6.45) is 1.06. The second-order valence-corrected chi connectivity index (χ2v) is 4.43. The minimum Gasteiger partial charge on any atom is -0.494 e. The van der Waals surface area contributed by atoms with Crippen molar-refractivity contribution in [2.75, 3.05) is 20.2 Å². The van der Waals surface area contributed by atoms with Crippen molar-refractivity contribution in [1.82, 2.24) is 4.90 Å². The Morgan fingerprint density at radius 1 is 1.31 bits per heavy atom. The van der Waals surface area contributed by atoms with E-state index >= 15 is 0 Å². The summed E-state index contributed by atoms with van der Waals surface area (Å²) in [5, 5.41) is 0.720. The molecule has 3 nitrogen and oxygen atoms in total. The molecule has 0 radical (unpaired) electrons. The molecule has 1 aromatic rings. The number of carbonyl (C=O) groups is 1. The molecule has 1 aliphatic rings. The normalized spacial score (nSPS) is 14.6. The largest absolute Gasteiger partial charge is 0.494 e. The second-order valence-electron chi connectivity index (χ2n) is 3.62. The summed E-state index contributed by atoms with van der Waals surface area (Å²) >= 11 is 11.9. The van der Waals surface area contributed by atoms with Crippen LogP contribution in [0.15, 0.2) is 12.1 Å². The monoisotopic (exact) mass is 259 g/mol. The third kappa shape index (κ3) is 1.97. The van der Waals surface area contributed by atoms with Gasteiger partial charge in [0.05, 0.1) is 17.2 Å². The molecule has 0 spiro atoms. The van der Waals surface area contributed by atoms with Crippen LogP contribution in [0.1, 0.15) is 16.8 Å². The molecule has 1 aliphatic heterocycles. The van der Waals surface area contributed by atoms with Gasteiger partial charge in [-0.1, -0.05) is 23.2 Å². The summed E-state index contributed by atoms with van der Waals surface area (Å²) in [5.41, 5.74) is 0.510. The van der Waals surface area contributed by atoms with Gasteiger partial charge in [-0.25, -0.2) is 0 Å². The highest BCUT2D eigenvalue weighted by atomic mass is 35.5. The molecule has 1 heterocycles. The maximum atomic E-state index is 11.9. The van der Waals surface area contributed by atoms with Crippen LogP contribution in [0.2, 0.25) is 10.0 Å². The van der Waals surface area contributed by atoms with Crippen LogP contribution in [0, 0.1) is 0 Å². The molecule has 0 unspecified atom stereocenters. The summed E-state index contributed by atoms with van der Waals surface area (Å²) < 4.78 is 5.02. The minimum absolute atomic E-state index is 0.0299. The fourth-order valence-corrected chi connectivity index (χ4v) is 2.22. The summed E-state index contributed by atoms with van der Waals surface area (Å²) in [5.74, 6) is 0.376. The Balaban J connectivity index is 2.31. The van der Waals surface area contributed by atoms with Crippen molar-refractivity contribution in [2.24, 2.45) is 0 Å². The van der Waals surface area contributed by atoms with E-state index in [1.165, 1.54) is 7.11 Å². The number of amides is 1. The van der Waals surface area contributed by atoms with E-state index in [2.05, 4.69) is 0 Å². The van der Waals surface area contributed by atoms with Gasteiger partial charge in [0, 0.05) is 18.7 Å². The fraction of sp³-hybridized carbons (Fsp3) is 0.364. The van der Waals surface area contributed by atoms with E-state index in [0.717, 1.165) is 19.5 Å². The summed E-state index contributed by atoms with van der Waals surface area (Å²) in [6, 6.07) is 3.18. The third-order valence-corrected chi connectivity index (χ3v) is 3.15. The van der Waals surface area contributed by atoms with Gasteiger partial charge in [-0.05, 0) is 18.6 Å². The molecular weight excluding hydrogens is 249 g/mol. The number of hydrogen-bond donors (Lipinski definition) is 0. The average Bonchev–Trinajstić information content (AvgIpc) is 2.14. The first-order valence-corrected chi connectivity index (χ1v) is 5.71. The van der Waals surface area contributed by atoms with Gasteiger partial charge in [0.1, 0.15) is 0 Å². The van der Waals surface area contributed by atoms with Crippen LogP contribution < -0.4 is 4.74 Å². The van der Waals surface area contributed by atoms with E-state index < -0.39 is 0 Å². The van der Waals surface area contributed by atoms with Gasteiger partial charge in [-0.2, -0.15) is 0 Å². The molecule has 0 saturated carbocycles. The number of rotatable bonds is 2. The molecule has 0 N–H and O–H groups in total. The van der Waals surface area contributed by atoms with Crippen LogP contribution in [-0.4, -0.2) is 31.0 Å². The number of ether oxygens (including phenoxy) is 1. The van der Waals surface area contributed by atoms with E-state index in [4.69, 9.17) is 27.9 Å². The first-order chi connectivity index (χ1) is 7.63. The van der Waals surface area contributed by atoms with Crippen LogP contribution in [0.3, 0.4) is 0 Å². The highest BCUT2D eigenvalue weighted by Crippen LogP contribution is 2.34. The molecule has 0 aliphatic carbocycles. The number of carbonyl (C=O) groups excluding carboxylic acids is 1. The predicted octanol–water partition coefficient (Wildman–Crippen LogP) is 2.85. The van der Waals surface area contributed by atoms with Crippen LogP contribution in [0.4, 0.5) is 0 Å². The molecule has 5 heteroatoms. The van der Waals surface area contributed by atoms with Gasteiger partial charge in [0.15, 0.2) is 5.75 Å². The Bertz CT molecular complexity index is 407. The molecule has 0 aromatic heterocycles. The molecule has 0 bridgehead atoms. The van der Waals surface area contributed by atoms with E-state index in [1.54, 1.807) is 17.0 Å². The zero-order valence-corrected chi connectivity index (χ0v) is 10.3. The highest BCUT2D eigenvalue weighted by molar-refractivity contribution is 6.37. The van der Waals surface area contributed by atoms with Gasteiger partial charge >= 0.3 is 0 Å². The van der Waals surface area contributed by atoms with Crippen molar-refractivity contribution in [3.63, 3.8) is 0 Å². The number of nitrogens with zero attached hydrogens (tertiary/aromatic N) is 1. The van der Waals surface area contributed by atoms with Gasteiger partial charge < -0.3 is 9.64 Å². The maximum Gasteiger partial charge on any atom is 0.253 e. The number of benzene rings is 1. The van der Waals surface area contributed by atoms with Crippen molar-refractivity contribution in [1.29, 1.82) is 0 Å². The van der Waals surface area contributed by atoms with Crippen molar-refractivity contribution >= 4 is 29.1 Å². The number of hydrogen-bond acceptors (Lipinski definition) is 2. The Kier molecular flexibility index (Phi) is 3.26. The standard InChI is InChI=1S/C11H11Cl2NO2/c1-16-10-8(12)5-7(6-9(10)13)11(15)14-3-2-4-14/h5-6H,2-4H2,1H3. The maximum absolute atomic E-state index is 11.9. The van der Waals surface area contributed by atoms with Gasteiger partial charge in [-0.3, -0.25) is 4.79 Å². The molecule has 86 valence electrons. The van der Waals surface area contributed by atoms with Gasteiger partial charge in [0.25, 0.3) is 5.91 Å². The van der Waals surface area contributed by atoms with Crippen LogP contribution in [0.5, 0.6) is 5.75 Å². The first-order valence-electron chi connectivity index (χ1n) is 4.96. The Hall–Kier alpha value is -0.930. The zero-order chi connectivity index (χ0) is 11.7. The summed E-state index contributed by atoms with van der Waals surface area (Å²) in [7, 11) is 1.49. The Morgan fingerprint density at radius 3 is 2.25 bits per heavy atom. The smallest absolute Gasteiger partial charge is 0.253 e. The lowest BCUT2D eigenvalue weighted by Gasteiger charge is -2.31. The predicted molar refractivity (Wildman–Crippen MR) is 63.5 cm³/mol. The van der Waals surface area contributed by atoms with E-state index in [9.17, 15) is 4.79 Å². The second kappa shape index (κ2) is 4.52. The number of methoxy groups -OCH3 is 1. The number of likely N-dealkylation sites (tertiary alicyclic amines) is 1. The summed E-state index contributed by atoms with van der Waals surface area (Å²) in [6.45, 7) is 1.61. The van der Waals surface area contributed by atoms with E-state index in [0.29, 0.717) is 21.4 Å². The molecule has 2 rings (SSSR count). The summed E-state index contributed by atoms with van der Waals surface area (Å²) in [4.78, 5) is 13.7. The average molecular weight is 260 g/mol. The molecule has 1 amide bonds. The fourth-order valence-electron chi connectivity index (χ4n) is 1.58. The SMILES string of the molecule is COc1c(Cl)cc(C(=O)N2CCC2)cc1Cl. The van der Waals surface area contributed by atoms with E-state index in [-0.39, 0.29) is 5.91 Å². The van der Waals surface area contributed by atoms with Crippen molar-refractivity contribution in [3.05, 3.63) is 27.7 Å². The quantitative estimate of drug-likeness (QED) is 0.818. The molecule has 1 aromatic carbocycles. The topological polar surface area (TPSA) is 29.5 Å². The van der Waals surface area contributed by atoms with Crippen molar-refractivity contribution < 1.29 is 9.53 Å². The lowest BCUT2D eigenvalue weighted by molar-refractivity contribution is 0.0652. The Labute approximate surface area is 104 Å². The lowest BCUT2D eigenvalue weighted by Crippen LogP contribution is -2.42. The van der Waals surface area contributed by atoms with Crippen LogP contribution in [-0.2, 0) is 0 Å². The van der Waals surface area contributed by atoms with Gasteiger partial charge in [-0.15, -0.1) is 0 Å². The van der Waals surface area contributed by atoms with Crippen molar-refractivity contribution in [3.8, 4) is 5.75 Å². The molecule has 0 atom stereocenters. The highest BCUT2D eigenvalue weighted by Gasteiger charge is 2.23. The van der Waals surface area contributed by atoms with Gasteiger partial charge in [0.2, 0.25) is 0 Å².